The highest BCUT2D eigenvalue weighted by molar-refractivity contribution is 7.88. The topological polar surface area (TPSA) is 87.5 Å². The molecule has 0 saturated heterocycles. The first kappa shape index (κ1) is 31.9. The Morgan fingerprint density at radius 1 is 1.12 bits per heavy atom. The maximum Gasteiger partial charge on any atom is 0.251 e. The molecule has 5 rings (SSSR count). The lowest BCUT2D eigenvalue weighted by Crippen LogP contribution is -2.41. The molecule has 2 aromatic heterocycles. The molecule has 3 aliphatic carbocycles. The molecule has 2 saturated carbocycles. The molecule has 43 heavy (non-hydrogen) atoms. The summed E-state index contributed by atoms with van der Waals surface area (Å²) in [6.45, 7) is 4.99. The number of likely N-dealkylation sites (N-methyl/N-ethyl adjacent to an activating group) is 1. The van der Waals surface area contributed by atoms with Gasteiger partial charge in [-0.05, 0) is 108 Å². The van der Waals surface area contributed by atoms with Crippen LogP contribution in [0.25, 0.3) is 16.6 Å². The Labute approximate surface area is 256 Å². The summed E-state index contributed by atoms with van der Waals surface area (Å²) < 4.78 is 42.6. The number of carbonyl (C=O) groups excluding carboxylic acids is 1. The second kappa shape index (κ2) is 13.2. The summed E-state index contributed by atoms with van der Waals surface area (Å²) in [6.07, 6.45) is 17.7. The van der Waals surface area contributed by atoms with Crippen LogP contribution in [0.1, 0.15) is 83.1 Å². The number of nitrogens with zero attached hydrogens (tertiary/aromatic N) is 4. The van der Waals surface area contributed by atoms with Crippen molar-refractivity contribution in [2.75, 3.05) is 26.9 Å². The molecule has 1 N–H and O–H groups in total. The third-order valence-corrected chi connectivity index (χ3v) is 10.7. The average molecular weight is 614 g/mol. The van der Waals surface area contributed by atoms with E-state index in [9.17, 15) is 17.6 Å². The molecule has 236 valence electrons. The summed E-state index contributed by atoms with van der Waals surface area (Å²) in [5, 5.41) is 1.15. The molecule has 1 atom stereocenters. The maximum atomic E-state index is 14.5. The van der Waals surface area contributed by atoms with Gasteiger partial charge in [-0.15, -0.1) is 0 Å². The first-order valence-electron chi connectivity index (χ1n) is 15.9. The van der Waals surface area contributed by atoms with Gasteiger partial charge in [-0.3, -0.25) is 9.78 Å². The number of aromatic nitrogens is 2. The van der Waals surface area contributed by atoms with Crippen LogP contribution in [0.2, 0.25) is 0 Å². The zero-order chi connectivity index (χ0) is 30.9. The van der Waals surface area contributed by atoms with Gasteiger partial charge in [-0.25, -0.2) is 17.5 Å². The van der Waals surface area contributed by atoms with E-state index >= 15 is 0 Å². The average Bonchev–Trinajstić information content (AvgIpc) is 3.36. The van der Waals surface area contributed by atoms with Crippen LogP contribution in [0.5, 0.6) is 0 Å². The monoisotopic (exact) mass is 613 g/mol. The SMILES string of the molecule is CC(C)N(C)C(=O)C1=C(n2cc(C3CCC(N(C)CC4CCC(NS(C)(=O)=O)CC4)CC3)c3ccncc32)C=CC(F)C1. The number of rotatable bonds is 9. The van der Waals surface area contributed by atoms with E-state index in [0.29, 0.717) is 23.5 Å². The fourth-order valence-corrected chi connectivity index (χ4v) is 8.15. The van der Waals surface area contributed by atoms with Crippen molar-refractivity contribution >= 4 is 32.5 Å². The van der Waals surface area contributed by atoms with Crippen LogP contribution in [0.4, 0.5) is 4.39 Å². The predicted molar refractivity (Wildman–Crippen MR) is 171 cm³/mol. The highest BCUT2D eigenvalue weighted by Gasteiger charge is 2.31. The van der Waals surface area contributed by atoms with E-state index in [0.717, 1.165) is 74.5 Å². The third-order valence-electron chi connectivity index (χ3n) is 9.96. The summed E-state index contributed by atoms with van der Waals surface area (Å²) in [5.74, 6) is 0.888. The first-order chi connectivity index (χ1) is 20.4. The molecule has 0 aromatic carbocycles. The van der Waals surface area contributed by atoms with E-state index in [2.05, 4.69) is 38.5 Å². The van der Waals surface area contributed by atoms with Gasteiger partial charge in [0.15, 0.2) is 0 Å². The highest BCUT2D eigenvalue weighted by Crippen LogP contribution is 2.41. The van der Waals surface area contributed by atoms with E-state index in [4.69, 9.17) is 0 Å². The van der Waals surface area contributed by atoms with Crippen molar-refractivity contribution in [2.45, 2.75) is 102 Å². The molecule has 0 bridgehead atoms. The lowest BCUT2D eigenvalue weighted by atomic mass is 9.80. The normalized spacial score (nSPS) is 26.9. The maximum absolute atomic E-state index is 14.5. The van der Waals surface area contributed by atoms with Crippen LogP contribution >= 0.6 is 0 Å². The number of pyridine rings is 1. The van der Waals surface area contributed by atoms with E-state index in [1.165, 1.54) is 11.8 Å². The number of fused-ring (bicyclic) bond motifs is 1. The third kappa shape index (κ3) is 7.40. The van der Waals surface area contributed by atoms with Crippen LogP contribution in [-0.2, 0) is 14.8 Å². The number of alkyl halides is 1. The molecule has 8 nitrogen and oxygen atoms in total. The Kier molecular flexibility index (Phi) is 9.78. The molecule has 2 fully saturated rings. The summed E-state index contributed by atoms with van der Waals surface area (Å²) in [6, 6.07) is 2.71. The van der Waals surface area contributed by atoms with Gasteiger partial charge >= 0.3 is 0 Å². The van der Waals surface area contributed by atoms with Gasteiger partial charge < -0.3 is 14.4 Å². The standard InChI is InChI=1S/C33H48FN5O3S/c1-22(2)38(4)33(40)29-18-25(34)10-15-31(29)39-21-30(28-16-17-35-19-32(28)39)24-8-13-27(14-9-24)37(3)20-23-6-11-26(12-7-23)36-43(5,41)42/h10,15-17,19,21-27,36H,6-9,11-14,18,20H2,1-5H3. The number of hydrogen-bond donors (Lipinski definition) is 1. The van der Waals surface area contributed by atoms with Crippen LogP contribution in [-0.4, -0.2) is 84.9 Å². The highest BCUT2D eigenvalue weighted by atomic mass is 32.2. The second-order valence-corrected chi connectivity index (χ2v) is 15.1. The van der Waals surface area contributed by atoms with Crippen molar-refractivity contribution in [3.05, 3.63) is 47.9 Å². The molecule has 0 spiro atoms. The lowest BCUT2D eigenvalue weighted by Gasteiger charge is -2.38. The van der Waals surface area contributed by atoms with Gasteiger partial charge in [0.1, 0.15) is 6.17 Å². The number of sulfonamides is 1. The molecule has 10 heteroatoms. The molecule has 3 aliphatic rings. The quantitative estimate of drug-likeness (QED) is 0.405. The summed E-state index contributed by atoms with van der Waals surface area (Å²) >= 11 is 0. The van der Waals surface area contributed by atoms with Gasteiger partial charge in [0.05, 0.1) is 23.7 Å². The Balaban J connectivity index is 1.28. The molecule has 1 amide bonds. The molecule has 1 unspecified atom stereocenters. The fourth-order valence-electron chi connectivity index (χ4n) is 7.31. The Morgan fingerprint density at radius 3 is 2.47 bits per heavy atom. The van der Waals surface area contributed by atoms with E-state index in [1.807, 2.05) is 26.2 Å². The van der Waals surface area contributed by atoms with Crippen molar-refractivity contribution in [3.8, 4) is 0 Å². The molecular formula is C33H48FN5O3S. The molecule has 0 aliphatic heterocycles. The second-order valence-electron chi connectivity index (χ2n) is 13.4. The zero-order valence-corrected chi connectivity index (χ0v) is 27.1. The van der Waals surface area contributed by atoms with Crippen LogP contribution in [0.15, 0.2) is 42.4 Å². The number of amides is 1. The molecule has 0 radical (unpaired) electrons. The summed E-state index contributed by atoms with van der Waals surface area (Å²) in [4.78, 5) is 22.1. The predicted octanol–water partition coefficient (Wildman–Crippen LogP) is 5.48. The van der Waals surface area contributed by atoms with E-state index in [1.54, 1.807) is 24.1 Å². The number of halogens is 1. The summed E-state index contributed by atoms with van der Waals surface area (Å²) in [7, 11) is 0.877. The molecular weight excluding hydrogens is 565 g/mol. The van der Waals surface area contributed by atoms with E-state index in [-0.39, 0.29) is 24.4 Å². The number of carbonyl (C=O) groups is 1. The minimum absolute atomic E-state index is 0.0177. The largest absolute Gasteiger partial charge is 0.339 e. The van der Waals surface area contributed by atoms with Crippen LogP contribution in [0, 0.1) is 5.92 Å². The van der Waals surface area contributed by atoms with E-state index < -0.39 is 16.2 Å². The minimum Gasteiger partial charge on any atom is -0.339 e. The number of nitrogens with one attached hydrogen (secondary N) is 1. The Morgan fingerprint density at radius 2 is 1.81 bits per heavy atom. The molecule has 2 heterocycles. The van der Waals surface area contributed by atoms with Gasteiger partial charge in [-0.2, -0.15) is 0 Å². The van der Waals surface area contributed by atoms with Crippen molar-refractivity contribution in [3.63, 3.8) is 0 Å². The molecule has 2 aromatic rings. The van der Waals surface area contributed by atoms with Gasteiger partial charge in [0.2, 0.25) is 10.0 Å². The van der Waals surface area contributed by atoms with Gasteiger partial charge in [0.25, 0.3) is 5.91 Å². The number of allylic oxidation sites excluding steroid dienone is 3. The van der Waals surface area contributed by atoms with Crippen molar-refractivity contribution < 1.29 is 17.6 Å². The summed E-state index contributed by atoms with van der Waals surface area (Å²) in [5.41, 5.74) is 3.48. The van der Waals surface area contributed by atoms with Crippen molar-refractivity contribution in [1.29, 1.82) is 0 Å². The minimum atomic E-state index is -3.15. The van der Waals surface area contributed by atoms with Gasteiger partial charge in [0, 0.05) is 61.5 Å². The first-order valence-corrected chi connectivity index (χ1v) is 17.8. The lowest BCUT2D eigenvalue weighted by molar-refractivity contribution is -0.127. The zero-order valence-electron chi connectivity index (χ0n) is 26.3. The van der Waals surface area contributed by atoms with Crippen LogP contribution < -0.4 is 4.72 Å². The Hall–Kier alpha value is -2.56. The number of hydrogen-bond acceptors (Lipinski definition) is 5. The smallest absolute Gasteiger partial charge is 0.251 e. The van der Waals surface area contributed by atoms with Crippen LogP contribution in [0.3, 0.4) is 0 Å². The van der Waals surface area contributed by atoms with Crippen molar-refractivity contribution in [1.82, 2.24) is 24.1 Å². The Bertz CT molecular complexity index is 1470. The van der Waals surface area contributed by atoms with Crippen molar-refractivity contribution in [2.24, 2.45) is 5.92 Å². The fraction of sp³-hybridized carbons (Fsp3) is 0.636. The van der Waals surface area contributed by atoms with Gasteiger partial charge in [-0.1, -0.05) is 0 Å².